The van der Waals surface area contributed by atoms with Crippen molar-refractivity contribution < 1.29 is 0 Å². The van der Waals surface area contributed by atoms with E-state index in [1.54, 1.807) is 0 Å². The third kappa shape index (κ3) is 1.89. The van der Waals surface area contributed by atoms with Crippen molar-refractivity contribution in [2.45, 2.75) is 44.7 Å². The van der Waals surface area contributed by atoms with Crippen molar-refractivity contribution >= 4 is 28.8 Å². The first kappa shape index (κ1) is 12.5. The molecule has 1 N–H and O–H groups in total. The molecule has 0 saturated carbocycles. The smallest absolute Gasteiger partial charge is 0.0598 e. The van der Waals surface area contributed by atoms with Gasteiger partial charge >= 0.3 is 0 Å². The van der Waals surface area contributed by atoms with Crippen molar-refractivity contribution in [3.63, 3.8) is 0 Å². The fourth-order valence-electron chi connectivity index (χ4n) is 3.26. The first-order valence-corrected chi connectivity index (χ1v) is 7.18. The molecule has 1 aromatic rings. The lowest BCUT2D eigenvalue weighted by molar-refractivity contribution is 0.437. The van der Waals surface area contributed by atoms with Crippen LogP contribution in [0, 0.1) is 0 Å². The molecule has 1 unspecified atom stereocenters. The number of fused-ring (bicyclic) bond motifs is 2. The summed E-state index contributed by atoms with van der Waals surface area (Å²) in [6, 6.07) is 6.59. The van der Waals surface area contributed by atoms with Crippen LogP contribution in [0.4, 0.5) is 0 Å². The summed E-state index contributed by atoms with van der Waals surface area (Å²) >= 11 is 12.1. The van der Waals surface area contributed by atoms with Gasteiger partial charge in [0, 0.05) is 11.6 Å². The van der Waals surface area contributed by atoms with E-state index in [1.165, 1.54) is 29.6 Å². The molecule has 2 aliphatic heterocycles. The number of nitrogens with one attached hydrogen (secondary N) is 1. The van der Waals surface area contributed by atoms with Crippen LogP contribution in [0.2, 0.25) is 10.0 Å². The molecule has 1 aromatic carbocycles. The maximum atomic E-state index is 6.13. The Morgan fingerprint density at radius 1 is 1.28 bits per heavy atom. The highest BCUT2D eigenvalue weighted by Crippen LogP contribution is 2.43. The molecule has 0 aromatic heterocycles. The van der Waals surface area contributed by atoms with E-state index in [0.29, 0.717) is 16.1 Å². The summed E-state index contributed by atoms with van der Waals surface area (Å²) in [5.74, 6) is 0. The Hall–Kier alpha value is -0.500. The number of hydrogen-bond acceptors (Lipinski definition) is 1. The molecule has 0 amide bonds. The Bertz CT molecular complexity index is 535. The molecule has 2 atom stereocenters. The van der Waals surface area contributed by atoms with E-state index in [0.717, 1.165) is 6.42 Å². The molecule has 96 valence electrons. The summed E-state index contributed by atoms with van der Waals surface area (Å²) in [6.45, 7) is 4.55. The molecule has 2 heterocycles. The van der Waals surface area contributed by atoms with E-state index in [4.69, 9.17) is 23.2 Å². The molecule has 0 aliphatic carbocycles. The predicted octanol–water partition coefficient (Wildman–Crippen LogP) is 4.68. The minimum Gasteiger partial charge on any atom is -0.305 e. The highest BCUT2D eigenvalue weighted by Gasteiger charge is 2.41. The highest BCUT2D eigenvalue weighted by molar-refractivity contribution is 6.42. The number of rotatable bonds is 1. The van der Waals surface area contributed by atoms with Crippen molar-refractivity contribution in [3.8, 4) is 0 Å². The SMILES string of the molecule is CC1=C(c2ccc(Cl)c(Cl)c2)CC2CC[C@@]1(C)N2. The van der Waals surface area contributed by atoms with Gasteiger partial charge in [0.2, 0.25) is 0 Å². The van der Waals surface area contributed by atoms with Gasteiger partial charge in [0.25, 0.3) is 0 Å². The number of halogens is 2. The largest absolute Gasteiger partial charge is 0.305 e. The van der Waals surface area contributed by atoms with E-state index in [9.17, 15) is 0 Å². The molecule has 0 spiro atoms. The molecule has 2 aliphatic rings. The van der Waals surface area contributed by atoms with Crippen LogP contribution in [0.5, 0.6) is 0 Å². The van der Waals surface area contributed by atoms with E-state index in [2.05, 4.69) is 25.2 Å². The average molecular weight is 282 g/mol. The second-order valence-corrected chi connectivity index (χ2v) is 6.46. The number of benzene rings is 1. The van der Waals surface area contributed by atoms with E-state index >= 15 is 0 Å². The summed E-state index contributed by atoms with van der Waals surface area (Å²) in [4.78, 5) is 0. The lowest BCUT2D eigenvalue weighted by atomic mass is 9.83. The summed E-state index contributed by atoms with van der Waals surface area (Å²) < 4.78 is 0. The maximum absolute atomic E-state index is 6.13. The van der Waals surface area contributed by atoms with Crippen LogP contribution < -0.4 is 5.32 Å². The van der Waals surface area contributed by atoms with Gasteiger partial charge < -0.3 is 5.32 Å². The second-order valence-electron chi connectivity index (χ2n) is 5.65. The molecule has 18 heavy (non-hydrogen) atoms. The van der Waals surface area contributed by atoms with Gasteiger partial charge in [-0.2, -0.15) is 0 Å². The summed E-state index contributed by atoms with van der Waals surface area (Å²) in [5, 5.41) is 5.00. The Kier molecular flexibility index (Phi) is 2.97. The van der Waals surface area contributed by atoms with Gasteiger partial charge in [-0.1, -0.05) is 29.3 Å². The Labute approximate surface area is 118 Å². The van der Waals surface area contributed by atoms with Crippen LogP contribution in [0.25, 0.3) is 5.57 Å². The van der Waals surface area contributed by atoms with E-state index in [1.807, 2.05) is 12.1 Å². The quantitative estimate of drug-likeness (QED) is 0.788. The van der Waals surface area contributed by atoms with Gasteiger partial charge in [-0.25, -0.2) is 0 Å². The molecule has 3 heteroatoms. The lowest BCUT2D eigenvalue weighted by Gasteiger charge is -2.35. The second kappa shape index (κ2) is 4.26. The fourth-order valence-corrected chi connectivity index (χ4v) is 3.56. The van der Waals surface area contributed by atoms with Crippen molar-refractivity contribution in [2.24, 2.45) is 0 Å². The monoisotopic (exact) mass is 281 g/mol. The Balaban J connectivity index is 2.08. The van der Waals surface area contributed by atoms with Crippen molar-refractivity contribution in [1.82, 2.24) is 5.32 Å². The van der Waals surface area contributed by atoms with Crippen LogP contribution in [0.1, 0.15) is 38.7 Å². The Morgan fingerprint density at radius 3 is 2.78 bits per heavy atom. The average Bonchev–Trinajstić information content (AvgIpc) is 2.67. The first-order valence-electron chi connectivity index (χ1n) is 6.43. The standard InChI is InChI=1S/C15H17Cl2N/c1-9-12(8-11-5-6-15(9,2)18-11)10-3-4-13(16)14(17)7-10/h3-4,7,11,18H,5-6,8H2,1-2H3/t11?,15-/m1/s1. The molecule has 3 rings (SSSR count). The fraction of sp³-hybridized carbons (Fsp3) is 0.467. The summed E-state index contributed by atoms with van der Waals surface area (Å²) in [7, 11) is 0. The zero-order valence-corrected chi connectivity index (χ0v) is 12.2. The number of hydrogen-bond donors (Lipinski definition) is 1. The lowest BCUT2D eigenvalue weighted by Crippen LogP contribution is -2.45. The minimum absolute atomic E-state index is 0.171. The molecule has 0 radical (unpaired) electrons. The van der Waals surface area contributed by atoms with E-state index < -0.39 is 0 Å². The van der Waals surface area contributed by atoms with Crippen molar-refractivity contribution in [3.05, 3.63) is 39.4 Å². The molecule has 1 saturated heterocycles. The van der Waals surface area contributed by atoms with Gasteiger partial charge in [0.15, 0.2) is 0 Å². The van der Waals surface area contributed by atoms with Gasteiger partial charge in [0.05, 0.1) is 10.0 Å². The third-order valence-corrected chi connectivity index (χ3v) is 5.25. The summed E-state index contributed by atoms with van der Waals surface area (Å²) in [5.41, 5.74) is 4.29. The Morgan fingerprint density at radius 2 is 2.06 bits per heavy atom. The van der Waals surface area contributed by atoms with Crippen LogP contribution in [0.15, 0.2) is 23.8 Å². The van der Waals surface area contributed by atoms with Crippen LogP contribution in [-0.4, -0.2) is 11.6 Å². The highest BCUT2D eigenvalue weighted by atomic mass is 35.5. The van der Waals surface area contributed by atoms with Crippen LogP contribution in [0.3, 0.4) is 0 Å². The molecular weight excluding hydrogens is 265 g/mol. The maximum Gasteiger partial charge on any atom is 0.0598 e. The summed E-state index contributed by atoms with van der Waals surface area (Å²) in [6.07, 6.45) is 3.59. The topological polar surface area (TPSA) is 12.0 Å². The van der Waals surface area contributed by atoms with Gasteiger partial charge in [0.1, 0.15) is 0 Å². The zero-order chi connectivity index (χ0) is 12.9. The van der Waals surface area contributed by atoms with E-state index in [-0.39, 0.29) is 5.54 Å². The minimum atomic E-state index is 0.171. The van der Waals surface area contributed by atoms with Gasteiger partial charge in [-0.3, -0.25) is 0 Å². The molecular formula is C15H17Cl2N. The van der Waals surface area contributed by atoms with Crippen molar-refractivity contribution in [1.29, 1.82) is 0 Å². The first-order chi connectivity index (χ1) is 8.49. The van der Waals surface area contributed by atoms with Crippen LogP contribution >= 0.6 is 23.2 Å². The normalized spacial score (nSPS) is 31.0. The van der Waals surface area contributed by atoms with Crippen molar-refractivity contribution in [2.75, 3.05) is 0 Å². The molecule has 2 bridgehead atoms. The predicted molar refractivity (Wildman–Crippen MR) is 78.2 cm³/mol. The van der Waals surface area contributed by atoms with Gasteiger partial charge in [-0.05, 0) is 62.0 Å². The zero-order valence-electron chi connectivity index (χ0n) is 10.7. The van der Waals surface area contributed by atoms with Gasteiger partial charge in [-0.15, -0.1) is 0 Å². The molecule has 1 nitrogen and oxygen atoms in total. The van der Waals surface area contributed by atoms with Crippen LogP contribution in [-0.2, 0) is 0 Å². The molecule has 1 fully saturated rings. The third-order valence-electron chi connectivity index (χ3n) is 4.51.